The lowest BCUT2D eigenvalue weighted by atomic mass is 10.1. The number of carbonyl (C=O) groups is 1. The molecule has 1 aliphatic carbocycles. The van der Waals surface area contributed by atoms with Gasteiger partial charge < -0.3 is 4.74 Å². The molecule has 1 fully saturated rings. The van der Waals surface area contributed by atoms with Crippen molar-refractivity contribution in [2.75, 3.05) is 0 Å². The average Bonchev–Trinajstić information content (AvgIpc) is 2.79. The molecule has 1 rings (SSSR count). The second-order valence-corrected chi connectivity index (χ2v) is 4.84. The van der Waals surface area contributed by atoms with Gasteiger partial charge in [0.15, 0.2) is 6.10 Å². The van der Waals surface area contributed by atoms with Gasteiger partial charge >= 0.3 is 5.97 Å². The van der Waals surface area contributed by atoms with Crippen molar-refractivity contribution in [3.8, 4) is 0 Å². The molecule has 82 valence electrons. The average molecular weight is 201 g/mol. The first-order valence-corrected chi connectivity index (χ1v) is 5.01. The molecule has 0 saturated heterocycles. The normalized spacial score (nSPS) is 19.1. The molecule has 14 heavy (non-hydrogen) atoms. The van der Waals surface area contributed by atoms with E-state index >= 15 is 0 Å². The van der Waals surface area contributed by atoms with E-state index in [-0.39, 0.29) is 5.97 Å². The first-order valence-electron chi connectivity index (χ1n) is 5.01. The van der Waals surface area contributed by atoms with E-state index in [4.69, 9.17) is 10.6 Å². The Bertz CT molecular complexity index is 206. The van der Waals surface area contributed by atoms with Gasteiger partial charge in [-0.3, -0.25) is 4.84 Å². The molecule has 1 saturated carbocycles. The minimum atomic E-state index is -0.596. The summed E-state index contributed by atoms with van der Waals surface area (Å²) in [5, 5.41) is 0. The van der Waals surface area contributed by atoms with Crippen LogP contribution in [0.2, 0.25) is 0 Å². The third-order valence-electron chi connectivity index (χ3n) is 2.08. The fourth-order valence-electron chi connectivity index (χ4n) is 1.23. The van der Waals surface area contributed by atoms with Gasteiger partial charge in [0.2, 0.25) is 0 Å². The number of nitrogens with two attached hydrogens (primary N) is 1. The van der Waals surface area contributed by atoms with Crippen LogP contribution in [-0.2, 0) is 14.4 Å². The zero-order valence-corrected chi connectivity index (χ0v) is 9.08. The van der Waals surface area contributed by atoms with E-state index in [1.165, 1.54) is 12.8 Å². The molecule has 0 aliphatic heterocycles. The quantitative estimate of drug-likeness (QED) is 0.551. The molecule has 1 atom stereocenters. The topological polar surface area (TPSA) is 61.5 Å². The standard InChI is InChI=1S/C10H19NO3/c1-10(2,3)13-9(12)8(14-11)6-7-4-5-7/h7-8H,4-6,11H2,1-3H3/t8-/m0/s1. The fraction of sp³-hybridized carbons (Fsp3) is 0.900. The molecule has 0 heterocycles. The van der Waals surface area contributed by atoms with E-state index in [0.717, 1.165) is 0 Å². The summed E-state index contributed by atoms with van der Waals surface area (Å²) in [6, 6.07) is 0. The highest BCUT2D eigenvalue weighted by Crippen LogP contribution is 2.34. The van der Waals surface area contributed by atoms with E-state index in [0.29, 0.717) is 12.3 Å². The Morgan fingerprint density at radius 1 is 1.50 bits per heavy atom. The Hall–Kier alpha value is -0.610. The number of esters is 1. The lowest BCUT2D eigenvalue weighted by Crippen LogP contribution is -2.35. The summed E-state index contributed by atoms with van der Waals surface area (Å²) in [6.45, 7) is 5.49. The molecule has 0 bridgehead atoms. The molecular weight excluding hydrogens is 182 g/mol. The highest BCUT2D eigenvalue weighted by molar-refractivity contribution is 5.75. The summed E-state index contributed by atoms with van der Waals surface area (Å²) in [6.07, 6.45) is 2.43. The SMILES string of the molecule is CC(C)(C)OC(=O)[C@H](CC1CC1)ON. The second kappa shape index (κ2) is 4.28. The zero-order valence-electron chi connectivity index (χ0n) is 9.08. The highest BCUT2D eigenvalue weighted by Gasteiger charge is 2.32. The van der Waals surface area contributed by atoms with Crippen LogP contribution in [0.15, 0.2) is 0 Å². The monoisotopic (exact) mass is 201 g/mol. The van der Waals surface area contributed by atoms with Crippen LogP contribution in [0.5, 0.6) is 0 Å². The van der Waals surface area contributed by atoms with Crippen molar-refractivity contribution in [1.29, 1.82) is 0 Å². The first kappa shape index (κ1) is 11.5. The molecule has 4 heteroatoms. The molecule has 2 N–H and O–H groups in total. The summed E-state index contributed by atoms with van der Waals surface area (Å²) in [7, 11) is 0. The predicted octanol–water partition coefficient (Wildman–Crippen LogP) is 1.39. The van der Waals surface area contributed by atoms with Crippen molar-refractivity contribution in [1.82, 2.24) is 0 Å². The van der Waals surface area contributed by atoms with E-state index in [2.05, 4.69) is 4.84 Å². The predicted molar refractivity (Wildman–Crippen MR) is 52.2 cm³/mol. The molecule has 0 aromatic heterocycles. The van der Waals surface area contributed by atoms with Crippen molar-refractivity contribution < 1.29 is 14.4 Å². The summed E-state index contributed by atoms with van der Waals surface area (Å²) in [5.74, 6) is 5.31. The number of hydrogen-bond acceptors (Lipinski definition) is 4. The van der Waals surface area contributed by atoms with Crippen LogP contribution in [-0.4, -0.2) is 17.7 Å². The minimum absolute atomic E-state index is 0.355. The largest absolute Gasteiger partial charge is 0.458 e. The molecule has 0 unspecified atom stereocenters. The van der Waals surface area contributed by atoms with Crippen LogP contribution in [0.3, 0.4) is 0 Å². The number of ether oxygens (including phenoxy) is 1. The van der Waals surface area contributed by atoms with Crippen LogP contribution >= 0.6 is 0 Å². The van der Waals surface area contributed by atoms with Gasteiger partial charge in [0.1, 0.15) is 5.60 Å². The van der Waals surface area contributed by atoms with Crippen LogP contribution in [0.4, 0.5) is 0 Å². The van der Waals surface area contributed by atoms with Crippen molar-refractivity contribution in [3.05, 3.63) is 0 Å². The van der Waals surface area contributed by atoms with Crippen molar-refractivity contribution in [2.24, 2.45) is 11.8 Å². The van der Waals surface area contributed by atoms with E-state index in [9.17, 15) is 4.79 Å². The summed E-state index contributed by atoms with van der Waals surface area (Å²) >= 11 is 0. The molecular formula is C10H19NO3. The van der Waals surface area contributed by atoms with Crippen molar-refractivity contribution >= 4 is 5.97 Å². The lowest BCUT2D eigenvalue weighted by molar-refractivity contribution is -0.169. The van der Waals surface area contributed by atoms with Gasteiger partial charge in [-0.2, -0.15) is 0 Å². The molecule has 1 aliphatic rings. The number of rotatable bonds is 4. The van der Waals surface area contributed by atoms with E-state index < -0.39 is 11.7 Å². The smallest absolute Gasteiger partial charge is 0.337 e. The zero-order chi connectivity index (χ0) is 10.8. The summed E-state index contributed by atoms with van der Waals surface area (Å²) < 4.78 is 5.18. The summed E-state index contributed by atoms with van der Waals surface area (Å²) in [4.78, 5) is 16.2. The number of carbonyl (C=O) groups excluding carboxylic acids is 1. The molecule has 4 nitrogen and oxygen atoms in total. The second-order valence-electron chi connectivity index (χ2n) is 4.84. The van der Waals surface area contributed by atoms with Gasteiger partial charge in [-0.1, -0.05) is 12.8 Å². The fourth-order valence-corrected chi connectivity index (χ4v) is 1.23. The van der Waals surface area contributed by atoms with E-state index in [1.807, 2.05) is 20.8 Å². The van der Waals surface area contributed by atoms with Gasteiger partial charge in [-0.15, -0.1) is 0 Å². The van der Waals surface area contributed by atoms with Crippen LogP contribution in [0, 0.1) is 5.92 Å². The highest BCUT2D eigenvalue weighted by atomic mass is 16.7. The molecule has 0 aromatic carbocycles. The van der Waals surface area contributed by atoms with Gasteiger partial charge in [0.05, 0.1) is 0 Å². The molecule has 0 amide bonds. The molecule has 0 aromatic rings. The maximum atomic E-state index is 11.5. The van der Waals surface area contributed by atoms with Crippen molar-refractivity contribution in [3.63, 3.8) is 0 Å². The third kappa shape index (κ3) is 4.07. The van der Waals surface area contributed by atoms with Gasteiger partial charge in [0.25, 0.3) is 0 Å². The maximum Gasteiger partial charge on any atom is 0.337 e. The van der Waals surface area contributed by atoms with Gasteiger partial charge in [0, 0.05) is 0 Å². The lowest BCUT2D eigenvalue weighted by Gasteiger charge is -2.22. The summed E-state index contributed by atoms with van der Waals surface area (Å²) in [5.41, 5.74) is -0.475. The Balaban J connectivity index is 2.38. The van der Waals surface area contributed by atoms with E-state index in [1.54, 1.807) is 0 Å². The Morgan fingerprint density at radius 2 is 2.07 bits per heavy atom. The van der Waals surface area contributed by atoms with Gasteiger partial charge in [-0.05, 0) is 33.1 Å². The van der Waals surface area contributed by atoms with Crippen molar-refractivity contribution in [2.45, 2.75) is 51.7 Å². The number of hydrogen-bond donors (Lipinski definition) is 1. The maximum absolute atomic E-state index is 11.5. The minimum Gasteiger partial charge on any atom is -0.458 e. The molecule has 0 spiro atoms. The Kier molecular flexibility index (Phi) is 3.50. The molecule has 0 radical (unpaired) electrons. The van der Waals surface area contributed by atoms with Crippen LogP contribution < -0.4 is 5.90 Å². The van der Waals surface area contributed by atoms with Crippen LogP contribution in [0.25, 0.3) is 0 Å². The first-order chi connectivity index (χ1) is 6.42. The van der Waals surface area contributed by atoms with Crippen LogP contribution in [0.1, 0.15) is 40.0 Å². The third-order valence-corrected chi connectivity index (χ3v) is 2.08. The Labute approximate surface area is 84.7 Å². The Morgan fingerprint density at radius 3 is 2.43 bits per heavy atom. The van der Waals surface area contributed by atoms with Gasteiger partial charge in [-0.25, -0.2) is 10.7 Å².